The lowest BCUT2D eigenvalue weighted by Gasteiger charge is -2.12. The van der Waals surface area contributed by atoms with Crippen molar-refractivity contribution in [1.29, 1.82) is 0 Å². The number of esters is 1. The van der Waals surface area contributed by atoms with Crippen LogP contribution in [-0.2, 0) is 11.2 Å². The van der Waals surface area contributed by atoms with Crippen LogP contribution in [0.25, 0.3) is 11.1 Å². The zero-order valence-corrected chi connectivity index (χ0v) is 10.8. The first-order chi connectivity index (χ1) is 9.27. The van der Waals surface area contributed by atoms with Crippen molar-refractivity contribution in [2.45, 2.75) is 6.42 Å². The van der Waals surface area contributed by atoms with Crippen LogP contribution in [0.2, 0.25) is 0 Å². The zero-order chi connectivity index (χ0) is 13.7. The molecular formula is C16H16O3. The summed E-state index contributed by atoms with van der Waals surface area (Å²) in [7, 11) is 1.37. The Morgan fingerprint density at radius 3 is 2.47 bits per heavy atom. The molecule has 0 aliphatic carbocycles. The van der Waals surface area contributed by atoms with Crippen LogP contribution in [0.1, 0.15) is 15.9 Å². The van der Waals surface area contributed by atoms with E-state index >= 15 is 0 Å². The molecule has 0 saturated carbocycles. The highest BCUT2D eigenvalue weighted by molar-refractivity contribution is 5.98. The zero-order valence-electron chi connectivity index (χ0n) is 10.8. The topological polar surface area (TPSA) is 46.5 Å². The van der Waals surface area contributed by atoms with Crippen LogP contribution in [0.4, 0.5) is 0 Å². The number of methoxy groups -OCH3 is 1. The van der Waals surface area contributed by atoms with Gasteiger partial charge < -0.3 is 9.84 Å². The molecule has 0 aliphatic heterocycles. The maximum atomic E-state index is 12.0. The van der Waals surface area contributed by atoms with Crippen LogP contribution in [0.15, 0.2) is 48.5 Å². The molecule has 98 valence electrons. The van der Waals surface area contributed by atoms with Crippen molar-refractivity contribution in [2.24, 2.45) is 0 Å². The number of ether oxygens (including phenoxy) is 1. The van der Waals surface area contributed by atoms with Crippen LogP contribution in [0, 0.1) is 0 Å². The molecule has 3 nitrogen and oxygen atoms in total. The summed E-state index contributed by atoms with van der Waals surface area (Å²) < 4.78 is 4.86. The standard InChI is InChI=1S/C16H16O3/c1-19-16(18)15-13(10-11-17)8-5-9-14(15)12-6-3-2-4-7-12/h2-9,17H,10-11H2,1H3. The molecule has 0 bridgehead atoms. The van der Waals surface area contributed by atoms with E-state index in [1.165, 1.54) is 7.11 Å². The molecule has 0 heterocycles. The van der Waals surface area contributed by atoms with E-state index in [1.807, 2.05) is 48.5 Å². The molecule has 2 rings (SSSR count). The predicted molar refractivity (Wildman–Crippen MR) is 74.0 cm³/mol. The average molecular weight is 256 g/mol. The van der Waals surface area contributed by atoms with Crippen LogP contribution in [-0.4, -0.2) is 24.8 Å². The monoisotopic (exact) mass is 256 g/mol. The normalized spacial score (nSPS) is 10.2. The molecule has 0 amide bonds. The SMILES string of the molecule is COC(=O)c1c(CCO)cccc1-c1ccccc1. The van der Waals surface area contributed by atoms with Crippen molar-refractivity contribution >= 4 is 5.97 Å². The number of benzene rings is 2. The second-order valence-corrected chi connectivity index (χ2v) is 4.17. The summed E-state index contributed by atoms with van der Waals surface area (Å²) in [6, 6.07) is 15.3. The Hall–Kier alpha value is -2.13. The molecule has 0 unspecified atom stereocenters. The Morgan fingerprint density at radius 2 is 1.84 bits per heavy atom. The lowest BCUT2D eigenvalue weighted by Crippen LogP contribution is -2.09. The first-order valence-corrected chi connectivity index (χ1v) is 6.14. The number of carbonyl (C=O) groups is 1. The number of hydrogen-bond donors (Lipinski definition) is 1. The highest BCUT2D eigenvalue weighted by Crippen LogP contribution is 2.27. The van der Waals surface area contributed by atoms with E-state index in [0.717, 1.165) is 16.7 Å². The Morgan fingerprint density at radius 1 is 1.11 bits per heavy atom. The Labute approximate surface area is 112 Å². The van der Waals surface area contributed by atoms with E-state index in [-0.39, 0.29) is 12.6 Å². The fourth-order valence-corrected chi connectivity index (χ4v) is 2.13. The van der Waals surface area contributed by atoms with E-state index in [4.69, 9.17) is 9.84 Å². The number of rotatable bonds is 4. The van der Waals surface area contributed by atoms with Crippen molar-refractivity contribution in [3.05, 3.63) is 59.7 Å². The van der Waals surface area contributed by atoms with E-state index in [2.05, 4.69) is 0 Å². The molecule has 0 saturated heterocycles. The van der Waals surface area contributed by atoms with Gasteiger partial charge in [0.2, 0.25) is 0 Å². The maximum absolute atomic E-state index is 12.0. The minimum Gasteiger partial charge on any atom is -0.465 e. The van der Waals surface area contributed by atoms with E-state index in [0.29, 0.717) is 12.0 Å². The molecule has 0 aliphatic rings. The molecule has 0 atom stereocenters. The summed E-state index contributed by atoms with van der Waals surface area (Å²) in [4.78, 5) is 12.0. The number of hydrogen-bond acceptors (Lipinski definition) is 3. The van der Waals surface area contributed by atoms with Gasteiger partial charge in [0.25, 0.3) is 0 Å². The largest absolute Gasteiger partial charge is 0.465 e. The van der Waals surface area contributed by atoms with Crippen LogP contribution in [0.5, 0.6) is 0 Å². The fourth-order valence-electron chi connectivity index (χ4n) is 2.13. The maximum Gasteiger partial charge on any atom is 0.338 e. The quantitative estimate of drug-likeness (QED) is 0.855. The predicted octanol–water partition coefficient (Wildman–Crippen LogP) is 2.68. The third-order valence-electron chi connectivity index (χ3n) is 3.01. The van der Waals surface area contributed by atoms with Crippen molar-refractivity contribution in [2.75, 3.05) is 13.7 Å². The molecule has 0 fully saturated rings. The van der Waals surface area contributed by atoms with Gasteiger partial charge in [-0.15, -0.1) is 0 Å². The lowest BCUT2D eigenvalue weighted by molar-refractivity contribution is 0.0600. The molecular weight excluding hydrogens is 240 g/mol. The molecule has 2 aromatic rings. The van der Waals surface area contributed by atoms with Gasteiger partial charge in [-0.25, -0.2) is 4.79 Å². The van der Waals surface area contributed by atoms with Gasteiger partial charge in [-0.1, -0.05) is 48.5 Å². The number of aliphatic hydroxyl groups is 1. The molecule has 1 N–H and O–H groups in total. The summed E-state index contributed by atoms with van der Waals surface area (Å²) in [6.07, 6.45) is 0.436. The number of carbonyl (C=O) groups excluding carboxylic acids is 1. The second kappa shape index (κ2) is 6.16. The minimum atomic E-state index is -0.372. The van der Waals surface area contributed by atoms with Crippen molar-refractivity contribution < 1.29 is 14.6 Å². The highest BCUT2D eigenvalue weighted by atomic mass is 16.5. The Bertz CT molecular complexity index is 561. The minimum absolute atomic E-state index is 0.00222. The average Bonchev–Trinajstić information content (AvgIpc) is 2.47. The molecule has 0 spiro atoms. The molecule has 0 aromatic heterocycles. The Balaban J connectivity index is 2.60. The first kappa shape index (κ1) is 13.3. The third kappa shape index (κ3) is 2.83. The van der Waals surface area contributed by atoms with Gasteiger partial charge in [0.1, 0.15) is 0 Å². The van der Waals surface area contributed by atoms with Crippen LogP contribution in [0.3, 0.4) is 0 Å². The van der Waals surface area contributed by atoms with Crippen molar-refractivity contribution in [3.63, 3.8) is 0 Å². The second-order valence-electron chi connectivity index (χ2n) is 4.17. The molecule has 2 aromatic carbocycles. The first-order valence-electron chi connectivity index (χ1n) is 6.14. The molecule has 19 heavy (non-hydrogen) atoms. The van der Waals surface area contributed by atoms with Gasteiger partial charge >= 0.3 is 5.97 Å². The van der Waals surface area contributed by atoms with Gasteiger partial charge in [-0.3, -0.25) is 0 Å². The van der Waals surface area contributed by atoms with Crippen molar-refractivity contribution in [3.8, 4) is 11.1 Å². The van der Waals surface area contributed by atoms with Gasteiger partial charge in [-0.2, -0.15) is 0 Å². The smallest absolute Gasteiger partial charge is 0.338 e. The molecule has 0 radical (unpaired) electrons. The Kier molecular flexibility index (Phi) is 4.31. The van der Waals surface area contributed by atoms with E-state index in [9.17, 15) is 4.79 Å². The van der Waals surface area contributed by atoms with Gasteiger partial charge in [0, 0.05) is 6.61 Å². The lowest BCUT2D eigenvalue weighted by atomic mass is 9.94. The van der Waals surface area contributed by atoms with E-state index in [1.54, 1.807) is 0 Å². The number of aliphatic hydroxyl groups excluding tert-OH is 1. The van der Waals surface area contributed by atoms with Crippen LogP contribution >= 0.6 is 0 Å². The van der Waals surface area contributed by atoms with Crippen molar-refractivity contribution in [1.82, 2.24) is 0 Å². The summed E-state index contributed by atoms with van der Waals surface area (Å²) in [5, 5.41) is 9.11. The van der Waals surface area contributed by atoms with Gasteiger partial charge in [0.15, 0.2) is 0 Å². The molecule has 3 heteroatoms. The summed E-state index contributed by atoms with van der Waals surface area (Å²) in [6.45, 7) is 0.00222. The fraction of sp³-hybridized carbons (Fsp3) is 0.188. The van der Waals surface area contributed by atoms with Crippen LogP contribution < -0.4 is 0 Å². The third-order valence-corrected chi connectivity index (χ3v) is 3.01. The summed E-state index contributed by atoms with van der Waals surface area (Å²) in [5.41, 5.74) is 3.13. The van der Waals surface area contributed by atoms with Gasteiger partial charge in [0.05, 0.1) is 12.7 Å². The van der Waals surface area contributed by atoms with Gasteiger partial charge in [-0.05, 0) is 23.1 Å². The summed E-state index contributed by atoms with van der Waals surface area (Å²) >= 11 is 0. The van der Waals surface area contributed by atoms with E-state index < -0.39 is 0 Å². The highest BCUT2D eigenvalue weighted by Gasteiger charge is 2.17. The summed E-state index contributed by atoms with van der Waals surface area (Å²) in [5.74, 6) is -0.372.